The number of pyridine rings is 1. The summed E-state index contributed by atoms with van der Waals surface area (Å²) in [4.78, 5) is 6.94. The highest BCUT2D eigenvalue weighted by atomic mass is 32.2. The third-order valence-corrected chi connectivity index (χ3v) is 6.37. The van der Waals surface area contributed by atoms with Crippen LogP contribution in [0, 0.1) is 12.8 Å². The summed E-state index contributed by atoms with van der Waals surface area (Å²) in [6.45, 7) is 9.76. The van der Waals surface area contributed by atoms with Crippen molar-refractivity contribution in [2.45, 2.75) is 38.1 Å². The molecule has 2 heterocycles. The Bertz CT molecular complexity index is 877. The summed E-state index contributed by atoms with van der Waals surface area (Å²) in [6.07, 6.45) is 2.64. The maximum absolute atomic E-state index is 13.0. The standard InChI is InChI=1S/C20H29N3O3S/c1-15(2)11-18(23-7-9-26-10-8-23)14-22-27(24,25)19-6-4-5-17-12-16(3)13-21-20(17)19/h4-6,12-13,15,18,22H,7-11,14H2,1-3H3. The Morgan fingerprint density at radius 1 is 1.26 bits per heavy atom. The number of aromatic nitrogens is 1. The van der Waals surface area contributed by atoms with Crippen molar-refractivity contribution >= 4 is 20.9 Å². The second kappa shape index (κ2) is 8.65. The number of sulfonamides is 1. The zero-order chi connectivity index (χ0) is 19.4. The molecule has 1 aliphatic heterocycles. The van der Waals surface area contributed by atoms with Gasteiger partial charge in [-0.1, -0.05) is 26.0 Å². The molecule has 0 spiro atoms. The maximum Gasteiger partial charge on any atom is 0.242 e. The molecular weight excluding hydrogens is 362 g/mol. The van der Waals surface area contributed by atoms with Crippen LogP contribution in [0.4, 0.5) is 0 Å². The number of nitrogens with one attached hydrogen (secondary N) is 1. The van der Waals surface area contributed by atoms with E-state index >= 15 is 0 Å². The third kappa shape index (κ3) is 5.04. The molecule has 1 unspecified atom stereocenters. The van der Waals surface area contributed by atoms with Crippen LogP contribution in [0.1, 0.15) is 25.8 Å². The van der Waals surface area contributed by atoms with Gasteiger partial charge in [0.15, 0.2) is 0 Å². The molecule has 0 saturated carbocycles. The van der Waals surface area contributed by atoms with Crippen molar-refractivity contribution in [3.05, 3.63) is 36.0 Å². The second-order valence-corrected chi connectivity index (χ2v) is 9.36. The first-order valence-corrected chi connectivity index (χ1v) is 11.0. The number of rotatable bonds is 7. The molecule has 0 amide bonds. The number of para-hydroxylation sites is 1. The van der Waals surface area contributed by atoms with Gasteiger partial charge in [0.1, 0.15) is 4.90 Å². The third-order valence-electron chi connectivity index (χ3n) is 4.91. The number of hydrogen-bond donors (Lipinski definition) is 1. The topological polar surface area (TPSA) is 71.5 Å². The molecule has 148 valence electrons. The fourth-order valence-electron chi connectivity index (χ4n) is 3.59. The van der Waals surface area contributed by atoms with Gasteiger partial charge in [-0.25, -0.2) is 13.1 Å². The summed E-state index contributed by atoms with van der Waals surface area (Å²) >= 11 is 0. The Morgan fingerprint density at radius 2 is 2.00 bits per heavy atom. The number of fused-ring (bicyclic) bond motifs is 1. The van der Waals surface area contributed by atoms with Crippen LogP contribution in [-0.4, -0.2) is 57.2 Å². The minimum absolute atomic E-state index is 0.161. The summed E-state index contributed by atoms with van der Waals surface area (Å²) in [5.41, 5.74) is 1.52. The van der Waals surface area contributed by atoms with Crippen molar-refractivity contribution < 1.29 is 13.2 Å². The van der Waals surface area contributed by atoms with Gasteiger partial charge in [-0.2, -0.15) is 0 Å². The van der Waals surface area contributed by atoms with E-state index in [2.05, 4.69) is 28.5 Å². The van der Waals surface area contributed by atoms with E-state index in [1.165, 1.54) is 0 Å². The van der Waals surface area contributed by atoms with Crippen LogP contribution in [-0.2, 0) is 14.8 Å². The number of aryl methyl sites for hydroxylation is 1. The van der Waals surface area contributed by atoms with Crippen LogP contribution >= 0.6 is 0 Å². The molecule has 3 rings (SSSR count). The molecule has 0 bridgehead atoms. The Labute approximate surface area is 162 Å². The highest BCUT2D eigenvalue weighted by Crippen LogP contribution is 2.22. The number of hydrogen-bond acceptors (Lipinski definition) is 5. The first kappa shape index (κ1) is 20.2. The maximum atomic E-state index is 13.0. The lowest BCUT2D eigenvalue weighted by Crippen LogP contribution is -2.49. The monoisotopic (exact) mass is 391 g/mol. The van der Waals surface area contributed by atoms with Gasteiger partial charge in [-0.15, -0.1) is 0 Å². The smallest absolute Gasteiger partial charge is 0.242 e. The van der Waals surface area contributed by atoms with Crippen molar-refractivity contribution in [3.63, 3.8) is 0 Å². The van der Waals surface area contributed by atoms with Gasteiger partial charge >= 0.3 is 0 Å². The average molecular weight is 392 g/mol. The minimum atomic E-state index is -3.64. The van der Waals surface area contributed by atoms with Gasteiger partial charge in [0.25, 0.3) is 0 Å². The van der Waals surface area contributed by atoms with E-state index < -0.39 is 10.0 Å². The molecule has 1 N–H and O–H groups in total. The summed E-state index contributed by atoms with van der Waals surface area (Å²) in [5.74, 6) is 0.490. The summed E-state index contributed by atoms with van der Waals surface area (Å²) in [5, 5.41) is 0.838. The van der Waals surface area contributed by atoms with Crippen LogP contribution in [0.2, 0.25) is 0 Å². The van der Waals surface area contributed by atoms with E-state index in [1.807, 2.05) is 19.1 Å². The molecule has 1 saturated heterocycles. The molecule has 1 aromatic carbocycles. The normalized spacial score (nSPS) is 17.5. The SMILES string of the molecule is Cc1cnc2c(S(=O)(=O)NCC(CC(C)C)N3CCOCC3)cccc2c1. The fraction of sp³-hybridized carbons (Fsp3) is 0.550. The predicted molar refractivity (Wildman–Crippen MR) is 107 cm³/mol. The number of morpholine rings is 1. The largest absolute Gasteiger partial charge is 0.379 e. The van der Waals surface area contributed by atoms with Crippen molar-refractivity contribution in [1.82, 2.24) is 14.6 Å². The first-order valence-electron chi connectivity index (χ1n) is 9.53. The Balaban J connectivity index is 1.80. The second-order valence-electron chi connectivity index (χ2n) is 7.62. The molecule has 7 heteroatoms. The molecule has 2 aromatic rings. The van der Waals surface area contributed by atoms with Gasteiger partial charge in [0.2, 0.25) is 10.0 Å². The van der Waals surface area contributed by atoms with Crippen molar-refractivity contribution in [1.29, 1.82) is 0 Å². The molecule has 1 fully saturated rings. The zero-order valence-electron chi connectivity index (χ0n) is 16.3. The Hall–Kier alpha value is -1.54. The molecule has 0 radical (unpaired) electrons. The summed E-state index contributed by atoms with van der Waals surface area (Å²) < 4.78 is 34.3. The van der Waals surface area contributed by atoms with Crippen LogP contribution in [0.15, 0.2) is 35.4 Å². The highest BCUT2D eigenvalue weighted by Gasteiger charge is 2.25. The number of nitrogens with zero attached hydrogens (tertiary/aromatic N) is 2. The van der Waals surface area contributed by atoms with Crippen LogP contribution in [0.25, 0.3) is 10.9 Å². The lowest BCUT2D eigenvalue weighted by molar-refractivity contribution is 0.0134. The van der Waals surface area contributed by atoms with E-state index in [0.717, 1.165) is 30.5 Å². The summed E-state index contributed by atoms with van der Waals surface area (Å²) in [6, 6.07) is 7.40. The molecule has 1 aromatic heterocycles. The Morgan fingerprint density at radius 3 is 2.70 bits per heavy atom. The van der Waals surface area contributed by atoms with E-state index in [4.69, 9.17) is 4.74 Å². The molecule has 27 heavy (non-hydrogen) atoms. The molecule has 0 aliphatic carbocycles. The van der Waals surface area contributed by atoms with Crippen LogP contribution in [0.5, 0.6) is 0 Å². The minimum Gasteiger partial charge on any atom is -0.379 e. The lowest BCUT2D eigenvalue weighted by Gasteiger charge is -2.35. The quantitative estimate of drug-likeness (QED) is 0.785. The lowest BCUT2D eigenvalue weighted by atomic mass is 10.0. The predicted octanol–water partition coefficient (Wildman–Crippen LogP) is 2.57. The first-order chi connectivity index (χ1) is 12.9. The number of benzene rings is 1. The van der Waals surface area contributed by atoms with Crippen LogP contribution in [0.3, 0.4) is 0 Å². The van der Waals surface area contributed by atoms with Gasteiger partial charge in [-0.3, -0.25) is 9.88 Å². The highest BCUT2D eigenvalue weighted by molar-refractivity contribution is 7.89. The summed E-state index contributed by atoms with van der Waals surface area (Å²) in [7, 11) is -3.64. The number of ether oxygens (including phenoxy) is 1. The molecule has 1 aliphatic rings. The average Bonchev–Trinajstić information content (AvgIpc) is 2.65. The van der Waals surface area contributed by atoms with Gasteiger partial charge < -0.3 is 4.74 Å². The van der Waals surface area contributed by atoms with E-state index in [-0.39, 0.29) is 10.9 Å². The van der Waals surface area contributed by atoms with Crippen LogP contribution < -0.4 is 4.72 Å². The van der Waals surface area contributed by atoms with E-state index in [9.17, 15) is 8.42 Å². The van der Waals surface area contributed by atoms with Gasteiger partial charge in [0, 0.05) is 37.3 Å². The zero-order valence-corrected chi connectivity index (χ0v) is 17.1. The molecule has 6 nitrogen and oxygen atoms in total. The fourth-order valence-corrected chi connectivity index (χ4v) is 4.84. The van der Waals surface area contributed by atoms with Crippen molar-refractivity contribution in [2.75, 3.05) is 32.8 Å². The molecular formula is C20H29N3O3S. The van der Waals surface area contributed by atoms with Crippen molar-refractivity contribution in [3.8, 4) is 0 Å². The van der Waals surface area contributed by atoms with Gasteiger partial charge in [0.05, 0.1) is 18.7 Å². The van der Waals surface area contributed by atoms with E-state index in [0.29, 0.717) is 31.2 Å². The van der Waals surface area contributed by atoms with Crippen molar-refractivity contribution in [2.24, 2.45) is 5.92 Å². The van der Waals surface area contributed by atoms with Gasteiger partial charge in [-0.05, 0) is 37.0 Å². The van der Waals surface area contributed by atoms with E-state index in [1.54, 1.807) is 18.3 Å². The molecule has 1 atom stereocenters. The Kier molecular flexibility index (Phi) is 6.47.